The minimum Gasteiger partial charge on any atom is -0.399 e. The third-order valence-electron chi connectivity index (χ3n) is 3.82. The van der Waals surface area contributed by atoms with Crippen molar-refractivity contribution < 1.29 is 29.1 Å². The maximum absolute atomic E-state index is 14.4. The summed E-state index contributed by atoms with van der Waals surface area (Å²) in [7, 11) is -1.23. The van der Waals surface area contributed by atoms with Crippen molar-refractivity contribution in [3.05, 3.63) is 12.3 Å². The number of aromatic nitrogens is 2. The van der Waals surface area contributed by atoms with Gasteiger partial charge >= 0.3 is 7.12 Å². The largest absolute Gasteiger partial charge is 0.498 e. The molecule has 0 radical (unpaired) electrons. The molecule has 0 unspecified atom stereocenters. The van der Waals surface area contributed by atoms with E-state index in [4.69, 9.17) is 20.3 Å². The Morgan fingerprint density at radius 2 is 1.77 bits per heavy atom. The van der Waals surface area contributed by atoms with Gasteiger partial charge in [-0.2, -0.15) is 0 Å². The highest BCUT2D eigenvalue weighted by Crippen LogP contribution is 2.36. The van der Waals surface area contributed by atoms with Gasteiger partial charge < -0.3 is 14.2 Å². The summed E-state index contributed by atoms with van der Waals surface area (Å²) in [6.07, 6.45) is -5.38. The summed E-state index contributed by atoms with van der Waals surface area (Å²) in [5.74, 6) is -5.83. The first-order valence-corrected chi connectivity index (χ1v) is 6.61. The number of hydrogen-bond donors (Lipinski definition) is 0. The summed E-state index contributed by atoms with van der Waals surface area (Å²) in [6.45, 7) is -0.533. The highest BCUT2D eigenvalue weighted by Gasteiger charge is 2.52. The molecule has 2 aliphatic rings. The molecule has 2 aliphatic heterocycles. The maximum atomic E-state index is 14.4. The van der Waals surface area contributed by atoms with Gasteiger partial charge in [-0.3, -0.25) is 0 Å². The van der Waals surface area contributed by atoms with Gasteiger partial charge in [-0.1, -0.05) is 0 Å². The number of halogens is 2. The van der Waals surface area contributed by atoms with Gasteiger partial charge in [0.15, 0.2) is 0 Å². The third-order valence-corrected chi connectivity index (χ3v) is 3.82. The first-order chi connectivity index (χ1) is 13.2. The second-order valence-electron chi connectivity index (χ2n) is 6.01. The molecule has 22 heavy (non-hydrogen) atoms. The van der Waals surface area contributed by atoms with E-state index < -0.39 is 61.9 Å². The zero-order valence-corrected chi connectivity index (χ0v) is 12.5. The standard InChI is InChI=1S/C14H20BF2N3O2/c1-12(2)13(3,4)22-15(21-12)10-7-18-11(19-8-10)20-6-5-14(16,17)9-20/h7-8H,5-6,9H2,1-4H3/i5D2,6D2,7D,8D,9D2. The Morgan fingerprint density at radius 1 is 1.23 bits per heavy atom. The Balaban J connectivity index is 2.11. The van der Waals surface area contributed by atoms with E-state index in [0.29, 0.717) is 0 Å². The van der Waals surface area contributed by atoms with Crippen LogP contribution in [0.1, 0.15) is 45.0 Å². The molecule has 0 aliphatic carbocycles. The van der Waals surface area contributed by atoms with Crippen LogP contribution in [0.15, 0.2) is 12.3 Å². The predicted octanol–water partition coefficient (Wildman–Crippen LogP) is 1.62. The monoisotopic (exact) mass is 319 g/mol. The van der Waals surface area contributed by atoms with Crippen LogP contribution >= 0.6 is 0 Å². The topological polar surface area (TPSA) is 47.5 Å². The molecule has 3 heterocycles. The van der Waals surface area contributed by atoms with Gasteiger partial charge in [-0.05, 0) is 27.7 Å². The summed E-state index contributed by atoms with van der Waals surface area (Å²) < 4.78 is 102. The lowest BCUT2D eigenvalue weighted by Crippen LogP contribution is -2.41. The van der Waals surface area contributed by atoms with Gasteiger partial charge in [-0.15, -0.1) is 0 Å². The SMILES string of the molecule is [2H]c1nc(N2C([2H])([2H])C([2H])([2H])C(F)(F)C2([2H])[2H])nc([2H])c1B1OC(C)(C)C(C)(C)O1. The summed E-state index contributed by atoms with van der Waals surface area (Å²) in [6, 6.07) is 0. The molecule has 0 amide bonds. The summed E-state index contributed by atoms with van der Waals surface area (Å²) in [4.78, 5) is 6.94. The molecule has 0 N–H and O–H groups in total. The molecule has 0 saturated carbocycles. The second-order valence-corrected chi connectivity index (χ2v) is 6.01. The molecule has 2 saturated heterocycles. The van der Waals surface area contributed by atoms with Gasteiger partial charge in [0.2, 0.25) is 5.95 Å². The van der Waals surface area contributed by atoms with Crippen LogP contribution in [0.3, 0.4) is 0 Å². The first-order valence-electron chi connectivity index (χ1n) is 10.6. The highest BCUT2D eigenvalue weighted by atomic mass is 19.3. The van der Waals surface area contributed by atoms with E-state index in [2.05, 4.69) is 9.97 Å². The second kappa shape index (κ2) is 4.86. The molecule has 0 bridgehead atoms. The molecule has 8 heteroatoms. The number of alkyl halides is 2. The Morgan fingerprint density at radius 3 is 2.23 bits per heavy atom. The van der Waals surface area contributed by atoms with Crippen molar-refractivity contribution >= 4 is 18.5 Å². The van der Waals surface area contributed by atoms with Crippen molar-refractivity contribution in [3.63, 3.8) is 0 Å². The molecule has 0 atom stereocenters. The van der Waals surface area contributed by atoms with Crippen molar-refractivity contribution in [2.24, 2.45) is 0 Å². The van der Waals surface area contributed by atoms with Crippen LogP contribution in [0, 0.1) is 0 Å². The number of hydrogen-bond acceptors (Lipinski definition) is 5. The molecule has 2 fully saturated rings. The van der Waals surface area contributed by atoms with Gasteiger partial charge in [0.25, 0.3) is 5.92 Å². The lowest BCUT2D eigenvalue weighted by atomic mass is 9.81. The van der Waals surface area contributed by atoms with Crippen LogP contribution in [-0.4, -0.2) is 47.2 Å². The zero-order chi connectivity index (χ0) is 23.3. The van der Waals surface area contributed by atoms with Gasteiger partial charge in [0.05, 0.1) is 23.2 Å². The quantitative estimate of drug-likeness (QED) is 0.775. The minimum absolute atomic E-state index is 0.243. The van der Waals surface area contributed by atoms with Crippen LogP contribution in [0.4, 0.5) is 14.7 Å². The third kappa shape index (κ3) is 2.69. The van der Waals surface area contributed by atoms with Crippen LogP contribution in [0.2, 0.25) is 0 Å². The van der Waals surface area contributed by atoms with E-state index in [1.807, 2.05) is 0 Å². The van der Waals surface area contributed by atoms with Gasteiger partial charge in [0.1, 0.15) is 0 Å². The van der Waals surface area contributed by atoms with E-state index in [1.54, 1.807) is 27.7 Å². The normalized spacial score (nSPS) is 37.9. The zero-order valence-electron chi connectivity index (χ0n) is 20.5. The fourth-order valence-electron chi connectivity index (χ4n) is 1.86. The van der Waals surface area contributed by atoms with Crippen molar-refractivity contribution in [3.8, 4) is 0 Å². The molecular formula is C14H20BF2N3O2. The number of rotatable bonds is 2. The van der Waals surface area contributed by atoms with E-state index in [1.165, 1.54) is 0 Å². The average molecular weight is 319 g/mol. The molecule has 1 aromatic heterocycles. The Labute approximate surface area is 140 Å². The molecule has 5 nitrogen and oxygen atoms in total. The van der Waals surface area contributed by atoms with Crippen molar-refractivity contribution in [1.82, 2.24) is 9.97 Å². The van der Waals surface area contributed by atoms with E-state index in [-0.39, 0.29) is 10.4 Å². The maximum Gasteiger partial charge on any atom is 0.498 e. The Bertz CT molecular complexity index is 837. The molecule has 3 rings (SSSR count). The summed E-state index contributed by atoms with van der Waals surface area (Å²) >= 11 is 0. The average Bonchev–Trinajstić information content (AvgIpc) is 2.76. The Hall–Kier alpha value is -1.28. The van der Waals surface area contributed by atoms with Gasteiger partial charge in [0, 0.05) is 36.2 Å². The van der Waals surface area contributed by atoms with Crippen LogP contribution < -0.4 is 10.4 Å². The number of anilines is 1. The van der Waals surface area contributed by atoms with E-state index in [0.717, 1.165) is 0 Å². The summed E-state index contributed by atoms with van der Waals surface area (Å²) in [5, 5.41) is 0. The van der Waals surface area contributed by atoms with Crippen LogP contribution in [0.25, 0.3) is 0 Å². The van der Waals surface area contributed by atoms with Crippen molar-refractivity contribution in [2.75, 3.05) is 17.9 Å². The lowest BCUT2D eigenvalue weighted by molar-refractivity contribution is 0.00578. The number of nitrogens with zero attached hydrogens (tertiary/aromatic N) is 3. The predicted molar refractivity (Wildman–Crippen MR) is 79.5 cm³/mol. The smallest absolute Gasteiger partial charge is 0.399 e. The molecule has 120 valence electrons. The van der Waals surface area contributed by atoms with Crippen LogP contribution in [-0.2, 0) is 9.31 Å². The molecule has 0 aromatic carbocycles. The fraction of sp³-hybridized carbons (Fsp3) is 0.714. The van der Waals surface area contributed by atoms with Crippen LogP contribution in [0.5, 0.6) is 0 Å². The van der Waals surface area contributed by atoms with E-state index in [9.17, 15) is 8.78 Å². The molecule has 1 aromatic rings. The van der Waals surface area contributed by atoms with Crippen molar-refractivity contribution in [1.29, 1.82) is 0 Å². The minimum atomic E-state index is -4.78. The fourth-order valence-corrected chi connectivity index (χ4v) is 1.86. The summed E-state index contributed by atoms with van der Waals surface area (Å²) in [5.41, 5.74) is -1.89. The molecular weight excluding hydrogens is 291 g/mol. The Kier molecular flexibility index (Phi) is 1.89. The van der Waals surface area contributed by atoms with E-state index >= 15 is 0 Å². The molecule has 0 spiro atoms. The van der Waals surface area contributed by atoms with Gasteiger partial charge in [-0.25, -0.2) is 18.7 Å². The first kappa shape index (κ1) is 8.54. The lowest BCUT2D eigenvalue weighted by Gasteiger charge is -2.32. The highest BCUT2D eigenvalue weighted by molar-refractivity contribution is 6.61. The van der Waals surface area contributed by atoms with Crippen molar-refractivity contribution in [2.45, 2.75) is 51.2 Å².